The number of anilines is 1. The number of rotatable bonds is 5. The molecule has 0 unspecified atom stereocenters. The zero-order valence-electron chi connectivity index (χ0n) is 12.0. The van der Waals surface area contributed by atoms with Gasteiger partial charge in [-0.1, -0.05) is 6.07 Å². The molecule has 2 rings (SSSR count). The van der Waals surface area contributed by atoms with Crippen LogP contribution in [-0.4, -0.2) is 66.9 Å². The van der Waals surface area contributed by atoms with Crippen molar-refractivity contribution >= 4 is 11.7 Å². The molecule has 1 aliphatic heterocycles. The number of hydrogen-bond acceptors (Lipinski definition) is 5. The second kappa shape index (κ2) is 6.19. The number of ether oxygens (including phenoxy) is 1. The molecule has 0 radical (unpaired) electrons. The Labute approximate surface area is 119 Å². The molecule has 1 amide bonds. The van der Waals surface area contributed by atoms with Crippen LogP contribution >= 0.6 is 0 Å². The summed E-state index contributed by atoms with van der Waals surface area (Å²) < 4.78 is 4.82. The predicted octanol–water partition coefficient (Wildman–Crippen LogP) is 0.128. The molecule has 2 heterocycles. The van der Waals surface area contributed by atoms with Crippen molar-refractivity contribution in [3.05, 3.63) is 24.4 Å². The van der Waals surface area contributed by atoms with E-state index in [1.165, 1.54) is 12.0 Å². The van der Waals surface area contributed by atoms with Crippen LogP contribution in [0.2, 0.25) is 0 Å². The maximum atomic E-state index is 11.7. The number of pyridine rings is 1. The van der Waals surface area contributed by atoms with E-state index in [0.29, 0.717) is 19.5 Å². The van der Waals surface area contributed by atoms with Crippen LogP contribution in [0.1, 0.15) is 6.42 Å². The number of nitrogens with zero attached hydrogens (tertiary/aromatic N) is 3. The second-order valence-corrected chi connectivity index (χ2v) is 5.27. The van der Waals surface area contributed by atoms with Crippen LogP contribution in [-0.2, 0) is 9.53 Å². The summed E-state index contributed by atoms with van der Waals surface area (Å²) in [6.45, 7) is 1.56. The Kier molecular flexibility index (Phi) is 4.57. The number of β-amino-alcohol motifs (C(OH)–C–C–N with tert-alkyl or cyclic N) is 1. The largest absolute Gasteiger partial charge is 0.386 e. The van der Waals surface area contributed by atoms with Gasteiger partial charge in [0.2, 0.25) is 5.91 Å². The summed E-state index contributed by atoms with van der Waals surface area (Å²) in [5.74, 6) is 0.728. The van der Waals surface area contributed by atoms with Crippen LogP contribution in [0.15, 0.2) is 24.4 Å². The van der Waals surface area contributed by atoms with E-state index < -0.39 is 5.60 Å². The van der Waals surface area contributed by atoms with Crippen LogP contribution in [0, 0.1) is 0 Å². The third-order valence-electron chi connectivity index (χ3n) is 3.53. The SMILES string of the molecule is COCC(=O)N(C)C[C@]1(O)CCN(c2ccccn2)C1. The number of hydrogen-bond donors (Lipinski definition) is 1. The molecule has 1 aromatic rings. The summed E-state index contributed by atoms with van der Waals surface area (Å²) in [6.07, 6.45) is 2.36. The third kappa shape index (κ3) is 3.46. The first-order valence-corrected chi connectivity index (χ1v) is 6.65. The molecule has 1 aliphatic rings. The van der Waals surface area contributed by atoms with Gasteiger partial charge in [0, 0.05) is 33.4 Å². The Morgan fingerprint density at radius 2 is 2.40 bits per heavy atom. The highest BCUT2D eigenvalue weighted by molar-refractivity contribution is 5.77. The van der Waals surface area contributed by atoms with Crippen LogP contribution < -0.4 is 4.90 Å². The molecule has 1 aromatic heterocycles. The number of amides is 1. The Morgan fingerprint density at radius 1 is 1.60 bits per heavy atom. The molecule has 6 heteroatoms. The Morgan fingerprint density at radius 3 is 3.05 bits per heavy atom. The Hall–Kier alpha value is -1.66. The minimum atomic E-state index is -0.893. The van der Waals surface area contributed by atoms with Gasteiger partial charge in [-0.2, -0.15) is 0 Å². The van der Waals surface area contributed by atoms with Gasteiger partial charge in [0.05, 0.1) is 6.54 Å². The van der Waals surface area contributed by atoms with E-state index in [9.17, 15) is 9.90 Å². The van der Waals surface area contributed by atoms with E-state index in [1.54, 1.807) is 13.2 Å². The molecular weight excluding hydrogens is 258 g/mol. The van der Waals surface area contributed by atoms with E-state index in [-0.39, 0.29) is 12.5 Å². The average molecular weight is 279 g/mol. The summed E-state index contributed by atoms with van der Waals surface area (Å²) in [4.78, 5) is 19.5. The van der Waals surface area contributed by atoms with Gasteiger partial charge in [0.25, 0.3) is 0 Å². The monoisotopic (exact) mass is 279 g/mol. The molecule has 0 saturated carbocycles. The molecular formula is C14H21N3O3. The van der Waals surface area contributed by atoms with Crippen molar-refractivity contribution in [3.63, 3.8) is 0 Å². The van der Waals surface area contributed by atoms with Gasteiger partial charge in [-0.15, -0.1) is 0 Å². The second-order valence-electron chi connectivity index (χ2n) is 5.27. The molecule has 1 N–H and O–H groups in total. The number of methoxy groups -OCH3 is 1. The maximum Gasteiger partial charge on any atom is 0.248 e. The van der Waals surface area contributed by atoms with Gasteiger partial charge in [-0.3, -0.25) is 4.79 Å². The van der Waals surface area contributed by atoms with Gasteiger partial charge in [0.15, 0.2) is 0 Å². The first-order valence-electron chi connectivity index (χ1n) is 6.65. The smallest absolute Gasteiger partial charge is 0.248 e. The van der Waals surface area contributed by atoms with E-state index in [0.717, 1.165) is 12.4 Å². The van der Waals surface area contributed by atoms with Crippen molar-refractivity contribution in [1.29, 1.82) is 0 Å². The minimum absolute atomic E-state index is 0.0382. The highest BCUT2D eigenvalue weighted by Crippen LogP contribution is 2.25. The lowest BCUT2D eigenvalue weighted by atomic mass is 10.0. The van der Waals surface area contributed by atoms with E-state index in [4.69, 9.17) is 4.74 Å². The van der Waals surface area contributed by atoms with Crippen LogP contribution in [0.25, 0.3) is 0 Å². The van der Waals surface area contributed by atoms with Crippen molar-refractivity contribution in [1.82, 2.24) is 9.88 Å². The summed E-state index contributed by atoms with van der Waals surface area (Å²) in [5, 5.41) is 10.6. The molecule has 6 nitrogen and oxygen atoms in total. The summed E-state index contributed by atoms with van der Waals surface area (Å²) in [7, 11) is 3.17. The molecule has 1 saturated heterocycles. The summed E-state index contributed by atoms with van der Waals surface area (Å²) in [6, 6.07) is 5.71. The van der Waals surface area contributed by atoms with Crippen LogP contribution in [0.4, 0.5) is 5.82 Å². The quantitative estimate of drug-likeness (QED) is 0.830. The van der Waals surface area contributed by atoms with Gasteiger partial charge in [0.1, 0.15) is 18.0 Å². The molecule has 1 fully saturated rings. The molecule has 0 aliphatic carbocycles. The highest BCUT2D eigenvalue weighted by atomic mass is 16.5. The van der Waals surface area contributed by atoms with Gasteiger partial charge >= 0.3 is 0 Å². The van der Waals surface area contributed by atoms with Crippen molar-refractivity contribution < 1.29 is 14.6 Å². The van der Waals surface area contributed by atoms with Crippen LogP contribution in [0.3, 0.4) is 0 Å². The summed E-state index contributed by atoms with van der Waals surface area (Å²) >= 11 is 0. The maximum absolute atomic E-state index is 11.7. The number of likely N-dealkylation sites (N-methyl/N-ethyl adjacent to an activating group) is 1. The lowest BCUT2D eigenvalue weighted by Crippen LogP contribution is -2.46. The predicted molar refractivity (Wildman–Crippen MR) is 75.5 cm³/mol. The van der Waals surface area contributed by atoms with Crippen molar-refractivity contribution in [3.8, 4) is 0 Å². The summed E-state index contributed by atoms with van der Waals surface area (Å²) in [5.41, 5.74) is -0.893. The van der Waals surface area contributed by atoms with Crippen molar-refractivity contribution in [2.45, 2.75) is 12.0 Å². The van der Waals surface area contributed by atoms with E-state index in [1.807, 2.05) is 23.1 Å². The first kappa shape index (κ1) is 14.7. The van der Waals surface area contributed by atoms with E-state index in [2.05, 4.69) is 4.98 Å². The molecule has 1 atom stereocenters. The fourth-order valence-corrected chi connectivity index (χ4v) is 2.49. The fraction of sp³-hybridized carbons (Fsp3) is 0.571. The molecule has 110 valence electrons. The van der Waals surface area contributed by atoms with Gasteiger partial charge in [-0.25, -0.2) is 4.98 Å². The van der Waals surface area contributed by atoms with Crippen molar-refractivity contribution in [2.24, 2.45) is 0 Å². The number of carbonyl (C=O) groups is 1. The van der Waals surface area contributed by atoms with Gasteiger partial charge in [-0.05, 0) is 18.6 Å². The normalized spacial score (nSPS) is 22.1. The lowest BCUT2D eigenvalue weighted by molar-refractivity contribution is -0.136. The molecule has 20 heavy (non-hydrogen) atoms. The Bertz CT molecular complexity index is 454. The Balaban J connectivity index is 1.95. The number of aromatic nitrogens is 1. The highest BCUT2D eigenvalue weighted by Gasteiger charge is 2.38. The topological polar surface area (TPSA) is 65.9 Å². The zero-order valence-corrected chi connectivity index (χ0v) is 12.0. The molecule has 0 aromatic carbocycles. The third-order valence-corrected chi connectivity index (χ3v) is 3.53. The average Bonchev–Trinajstić information content (AvgIpc) is 2.82. The zero-order chi connectivity index (χ0) is 14.6. The van der Waals surface area contributed by atoms with E-state index >= 15 is 0 Å². The standard InChI is InChI=1S/C14H21N3O3/c1-16(13(18)9-20-2)10-14(19)6-8-17(11-14)12-5-3-4-7-15-12/h3-5,7,19H,6,8-11H2,1-2H3/t14-/m1/s1. The number of carbonyl (C=O) groups excluding carboxylic acids is 1. The van der Waals surface area contributed by atoms with Crippen molar-refractivity contribution in [2.75, 3.05) is 45.3 Å². The first-order chi connectivity index (χ1) is 9.54. The minimum Gasteiger partial charge on any atom is -0.386 e. The fourth-order valence-electron chi connectivity index (χ4n) is 2.49. The molecule has 0 bridgehead atoms. The van der Waals surface area contributed by atoms with Gasteiger partial charge < -0.3 is 19.6 Å². The van der Waals surface area contributed by atoms with Crippen LogP contribution in [0.5, 0.6) is 0 Å². The number of aliphatic hydroxyl groups is 1. The lowest BCUT2D eigenvalue weighted by Gasteiger charge is -2.29. The molecule has 0 spiro atoms.